The average Bonchev–Trinajstić information content (AvgIpc) is 3.03. The molecule has 0 atom stereocenters. The van der Waals surface area contributed by atoms with Gasteiger partial charge in [0.25, 0.3) is 5.91 Å². The Labute approximate surface area is 145 Å². The maximum absolute atomic E-state index is 12.4. The number of hydrogen-bond donors (Lipinski definition) is 1. The molecule has 1 fully saturated rings. The first-order valence-corrected chi connectivity index (χ1v) is 8.24. The number of H-pyrrole nitrogens is 1. The van der Waals surface area contributed by atoms with E-state index in [1.807, 2.05) is 19.1 Å². The van der Waals surface area contributed by atoms with E-state index in [9.17, 15) is 9.59 Å². The van der Waals surface area contributed by atoms with Gasteiger partial charge in [0.05, 0.1) is 6.42 Å². The third-order valence-corrected chi connectivity index (χ3v) is 4.37. The normalized spacial score (nSPS) is 14.8. The molecule has 3 rings (SSSR count). The Kier molecular flexibility index (Phi) is 4.85. The fourth-order valence-corrected chi connectivity index (χ4v) is 2.86. The zero-order valence-corrected chi connectivity index (χ0v) is 14.2. The van der Waals surface area contributed by atoms with Gasteiger partial charge in [0, 0.05) is 36.9 Å². The van der Waals surface area contributed by atoms with Crippen LogP contribution in [0.4, 0.5) is 0 Å². The maximum Gasteiger partial charge on any atom is 0.274 e. The third-order valence-electron chi connectivity index (χ3n) is 4.11. The summed E-state index contributed by atoms with van der Waals surface area (Å²) in [5, 5.41) is 7.44. The van der Waals surface area contributed by atoms with Crippen LogP contribution in [0.15, 0.2) is 30.3 Å². The number of hydrogen-bond acceptors (Lipinski definition) is 3. The first-order chi connectivity index (χ1) is 11.5. The van der Waals surface area contributed by atoms with Crippen molar-refractivity contribution in [3.63, 3.8) is 0 Å². The van der Waals surface area contributed by atoms with E-state index in [4.69, 9.17) is 11.6 Å². The lowest BCUT2D eigenvalue weighted by molar-refractivity contribution is -0.131. The summed E-state index contributed by atoms with van der Waals surface area (Å²) in [6.45, 7) is 3.99. The Morgan fingerprint density at radius 2 is 1.75 bits per heavy atom. The largest absolute Gasteiger partial charge is 0.339 e. The number of benzene rings is 1. The molecule has 2 amide bonds. The summed E-state index contributed by atoms with van der Waals surface area (Å²) >= 11 is 5.85. The van der Waals surface area contributed by atoms with E-state index < -0.39 is 0 Å². The molecule has 7 heteroatoms. The van der Waals surface area contributed by atoms with Crippen LogP contribution in [0.25, 0.3) is 0 Å². The molecule has 0 saturated carbocycles. The van der Waals surface area contributed by atoms with Gasteiger partial charge >= 0.3 is 0 Å². The summed E-state index contributed by atoms with van der Waals surface area (Å²) in [7, 11) is 0. The van der Waals surface area contributed by atoms with Gasteiger partial charge in [-0.25, -0.2) is 0 Å². The smallest absolute Gasteiger partial charge is 0.274 e. The van der Waals surface area contributed by atoms with Crippen molar-refractivity contribution in [1.82, 2.24) is 20.0 Å². The number of carbonyl (C=O) groups excluding carboxylic acids is 2. The number of nitrogens with one attached hydrogen (secondary N) is 1. The molecule has 24 heavy (non-hydrogen) atoms. The molecule has 1 N–H and O–H groups in total. The minimum Gasteiger partial charge on any atom is -0.339 e. The monoisotopic (exact) mass is 346 g/mol. The van der Waals surface area contributed by atoms with Gasteiger partial charge in [-0.2, -0.15) is 5.10 Å². The van der Waals surface area contributed by atoms with Gasteiger partial charge in [-0.05, 0) is 30.7 Å². The van der Waals surface area contributed by atoms with Crippen molar-refractivity contribution in [1.29, 1.82) is 0 Å². The fourth-order valence-electron chi connectivity index (χ4n) is 2.74. The van der Waals surface area contributed by atoms with Crippen LogP contribution in [0.3, 0.4) is 0 Å². The second-order valence-corrected chi connectivity index (χ2v) is 6.35. The van der Waals surface area contributed by atoms with Crippen molar-refractivity contribution >= 4 is 23.4 Å². The highest BCUT2D eigenvalue weighted by molar-refractivity contribution is 6.30. The number of amides is 2. The van der Waals surface area contributed by atoms with E-state index in [-0.39, 0.29) is 11.8 Å². The summed E-state index contributed by atoms with van der Waals surface area (Å²) in [6, 6.07) is 9.03. The Morgan fingerprint density at radius 3 is 2.33 bits per heavy atom. The van der Waals surface area contributed by atoms with Crippen LogP contribution in [-0.2, 0) is 11.2 Å². The molecule has 0 bridgehead atoms. The molecule has 0 radical (unpaired) electrons. The van der Waals surface area contributed by atoms with E-state index in [2.05, 4.69) is 10.2 Å². The van der Waals surface area contributed by atoms with Crippen LogP contribution in [0.1, 0.15) is 21.7 Å². The molecule has 1 aliphatic rings. The van der Waals surface area contributed by atoms with E-state index >= 15 is 0 Å². The van der Waals surface area contributed by atoms with Gasteiger partial charge < -0.3 is 9.80 Å². The van der Waals surface area contributed by atoms with Gasteiger partial charge in [-0.3, -0.25) is 14.7 Å². The molecule has 2 heterocycles. The van der Waals surface area contributed by atoms with E-state index in [1.165, 1.54) is 0 Å². The average molecular weight is 347 g/mol. The molecule has 2 aromatic rings. The van der Waals surface area contributed by atoms with Crippen LogP contribution in [0, 0.1) is 6.92 Å². The van der Waals surface area contributed by atoms with Gasteiger partial charge in [-0.1, -0.05) is 23.7 Å². The van der Waals surface area contributed by atoms with Crippen LogP contribution >= 0.6 is 11.6 Å². The minimum atomic E-state index is -0.0934. The van der Waals surface area contributed by atoms with Crippen molar-refractivity contribution in [3.8, 4) is 0 Å². The van der Waals surface area contributed by atoms with E-state index in [1.54, 1.807) is 28.0 Å². The number of rotatable bonds is 3. The number of halogens is 1. The number of piperazine rings is 1. The molecule has 1 aliphatic heterocycles. The standard InChI is InChI=1S/C17H19ClN4O2/c1-12-10-15(20-19-12)17(24)22-8-6-21(7-9-22)16(23)11-13-2-4-14(18)5-3-13/h2-5,10H,6-9,11H2,1H3,(H,19,20). The third kappa shape index (κ3) is 3.76. The van der Waals surface area contributed by atoms with Crippen LogP contribution in [0.5, 0.6) is 0 Å². The zero-order chi connectivity index (χ0) is 17.1. The van der Waals surface area contributed by atoms with Gasteiger partial charge in [0.1, 0.15) is 5.69 Å². The first-order valence-electron chi connectivity index (χ1n) is 7.86. The Bertz CT molecular complexity index is 733. The van der Waals surface area contributed by atoms with Gasteiger partial charge in [-0.15, -0.1) is 0 Å². The van der Waals surface area contributed by atoms with Crippen molar-refractivity contribution in [2.75, 3.05) is 26.2 Å². The summed E-state index contributed by atoms with van der Waals surface area (Å²) < 4.78 is 0. The molecular formula is C17H19ClN4O2. The Morgan fingerprint density at radius 1 is 1.12 bits per heavy atom. The SMILES string of the molecule is Cc1cc(C(=O)N2CCN(C(=O)Cc3ccc(Cl)cc3)CC2)n[nH]1. The molecule has 1 aromatic heterocycles. The Balaban J connectivity index is 1.53. The lowest BCUT2D eigenvalue weighted by atomic mass is 10.1. The van der Waals surface area contributed by atoms with Crippen molar-refractivity contribution in [2.45, 2.75) is 13.3 Å². The number of carbonyl (C=O) groups is 2. The highest BCUT2D eigenvalue weighted by atomic mass is 35.5. The van der Waals surface area contributed by atoms with Crippen molar-refractivity contribution in [2.24, 2.45) is 0 Å². The summed E-state index contributed by atoms with van der Waals surface area (Å²) in [4.78, 5) is 28.3. The molecule has 0 spiro atoms. The quantitative estimate of drug-likeness (QED) is 0.922. The minimum absolute atomic E-state index is 0.0695. The summed E-state index contributed by atoms with van der Waals surface area (Å²) in [5.74, 6) is -0.0239. The predicted molar refractivity (Wildman–Crippen MR) is 91.0 cm³/mol. The zero-order valence-electron chi connectivity index (χ0n) is 13.5. The van der Waals surface area contributed by atoms with Crippen molar-refractivity contribution in [3.05, 3.63) is 52.3 Å². The highest BCUT2D eigenvalue weighted by Crippen LogP contribution is 2.13. The second kappa shape index (κ2) is 7.05. The fraction of sp³-hybridized carbons (Fsp3) is 0.353. The molecule has 0 aliphatic carbocycles. The van der Waals surface area contributed by atoms with Gasteiger partial charge in [0.2, 0.25) is 5.91 Å². The predicted octanol–water partition coefficient (Wildman–Crippen LogP) is 1.90. The lowest BCUT2D eigenvalue weighted by Crippen LogP contribution is -2.51. The van der Waals surface area contributed by atoms with Crippen LogP contribution < -0.4 is 0 Å². The Hall–Kier alpha value is -2.34. The number of aromatic amines is 1. The molecule has 6 nitrogen and oxygen atoms in total. The first kappa shape index (κ1) is 16.5. The molecular weight excluding hydrogens is 328 g/mol. The van der Waals surface area contributed by atoms with E-state index in [0.717, 1.165) is 11.3 Å². The number of aryl methyl sites for hydroxylation is 1. The maximum atomic E-state index is 12.4. The summed E-state index contributed by atoms with van der Waals surface area (Å²) in [5.41, 5.74) is 2.22. The topological polar surface area (TPSA) is 69.3 Å². The lowest BCUT2D eigenvalue weighted by Gasteiger charge is -2.34. The molecule has 1 aromatic carbocycles. The summed E-state index contributed by atoms with van der Waals surface area (Å²) in [6.07, 6.45) is 0.351. The van der Waals surface area contributed by atoms with E-state index in [0.29, 0.717) is 43.3 Å². The number of aromatic nitrogens is 2. The number of nitrogens with zero attached hydrogens (tertiary/aromatic N) is 3. The van der Waals surface area contributed by atoms with Crippen LogP contribution in [0.2, 0.25) is 5.02 Å². The second-order valence-electron chi connectivity index (χ2n) is 5.91. The van der Waals surface area contributed by atoms with Gasteiger partial charge in [0.15, 0.2) is 0 Å². The molecule has 126 valence electrons. The highest BCUT2D eigenvalue weighted by Gasteiger charge is 2.25. The van der Waals surface area contributed by atoms with Crippen LogP contribution in [-0.4, -0.2) is 58.0 Å². The molecule has 0 unspecified atom stereocenters. The molecule has 1 saturated heterocycles. The van der Waals surface area contributed by atoms with Crippen molar-refractivity contribution < 1.29 is 9.59 Å².